The highest BCUT2D eigenvalue weighted by Gasteiger charge is 2.46. The van der Waals surface area contributed by atoms with Gasteiger partial charge in [0.2, 0.25) is 0 Å². The van der Waals surface area contributed by atoms with Crippen molar-refractivity contribution in [3.05, 3.63) is 65.4 Å². The Morgan fingerprint density at radius 2 is 2.00 bits per heavy atom. The molecule has 1 aliphatic carbocycles. The van der Waals surface area contributed by atoms with Crippen LogP contribution in [0.15, 0.2) is 59.8 Å². The molecule has 1 spiro atoms. The van der Waals surface area contributed by atoms with Crippen LogP contribution in [-0.2, 0) is 6.42 Å². The number of rotatable bonds is 4. The molecule has 1 unspecified atom stereocenters. The topological polar surface area (TPSA) is 15.7 Å². The van der Waals surface area contributed by atoms with Crippen molar-refractivity contribution < 1.29 is 4.74 Å². The Balaban J connectivity index is 0.00000121. The second kappa shape index (κ2) is 8.51. The molecule has 26 heavy (non-hydrogen) atoms. The van der Waals surface area contributed by atoms with Crippen molar-refractivity contribution in [1.29, 1.82) is 0 Å². The summed E-state index contributed by atoms with van der Waals surface area (Å²) >= 11 is 0. The first-order valence-corrected chi connectivity index (χ1v) is 8.90. The van der Waals surface area contributed by atoms with Crippen LogP contribution in [-0.4, -0.2) is 49.1 Å². The van der Waals surface area contributed by atoms with Gasteiger partial charge in [-0.05, 0) is 50.7 Å². The largest absolute Gasteiger partial charge is 0.480 e. The summed E-state index contributed by atoms with van der Waals surface area (Å²) in [4.78, 5) is 4.73. The SMILES string of the molecule is CN(C)CCCN1C=C2CC=CC=C2C2(Cc3ccccc3O2)C1.Cl.Cl. The summed E-state index contributed by atoms with van der Waals surface area (Å²) in [7, 11) is 4.28. The van der Waals surface area contributed by atoms with E-state index in [1.807, 2.05) is 0 Å². The second-order valence-electron chi connectivity index (χ2n) is 7.38. The Morgan fingerprint density at radius 1 is 1.19 bits per heavy atom. The average Bonchev–Trinajstić information content (AvgIpc) is 2.93. The van der Waals surface area contributed by atoms with E-state index in [1.54, 1.807) is 0 Å². The zero-order chi connectivity index (χ0) is 16.6. The number of allylic oxidation sites excluding steroid dienone is 3. The maximum atomic E-state index is 6.57. The van der Waals surface area contributed by atoms with Gasteiger partial charge in [-0.15, -0.1) is 24.8 Å². The molecule has 0 saturated carbocycles. The fraction of sp³-hybridized carbons (Fsp3) is 0.429. The molecule has 1 aromatic rings. The third kappa shape index (κ3) is 3.95. The van der Waals surface area contributed by atoms with E-state index in [1.165, 1.54) is 23.1 Å². The fourth-order valence-electron chi connectivity index (χ4n) is 4.10. The zero-order valence-corrected chi connectivity index (χ0v) is 17.1. The summed E-state index contributed by atoms with van der Waals surface area (Å²) in [6, 6.07) is 8.50. The van der Waals surface area contributed by atoms with Crippen molar-refractivity contribution in [1.82, 2.24) is 9.80 Å². The van der Waals surface area contributed by atoms with Gasteiger partial charge >= 0.3 is 0 Å². The molecule has 1 aromatic carbocycles. The lowest BCUT2D eigenvalue weighted by Crippen LogP contribution is -2.50. The predicted octanol–water partition coefficient (Wildman–Crippen LogP) is 4.24. The molecule has 0 fully saturated rings. The fourth-order valence-corrected chi connectivity index (χ4v) is 4.10. The Kier molecular flexibility index (Phi) is 6.84. The highest BCUT2D eigenvalue weighted by atomic mass is 35.5. The standard InChI is InChI=1S/C21H26N2O.2ClH/c1-22(2)12-7-13-23-15-18-9-3-5-10-19(18)21(16-23)14-17-8-4-6-11-20(17)24-21;;/h3-6,8,10-11,15H,7,9,12-14,16H2,1-2H3;2*1H. The molecule has 0 amide bonds. The summed E-state index contributed by atoms with van der Waals surface area (Å²) in [5.74, 6) is 1.06. The van der Waals surface area contributed by atoms with Crippen LogP contribution in [0.3, 0.4) is 0 Å². The van der Waals surface area contributed by atoms with E-state index < -0.39 is 0 Å². The first-order chi connectivity index (χ1) is 11.7. The number of halogens is 2. The molecule has 0 N–H and O–H groups in total. The lowest BCUT2D eigenvalue weighted by Gasteiger charge is -2.42. The Morgan fingerprint density at radius 3 is 2.77 bits per heavy atom. The number of ether oxygens (including phenoxy) is 1. The highest BCUT2D eigenvalue weighted by molar-refractivity contribution is 5.85. The summed E-state index contributed by atoms with van der Waals surface area (Å²) in [5, 5.41) is 0. The number of nitrogens with zero attached hydrogens (tertiary/aromatic N) is 2. The first kappa shape index (κ1) is 20.9. The smallest absolute Gasteiger partial charge is 0.156 e. The molecule has 0 saturated heterocycles. The average molecular weight is 395 g/mol. The van der Waals surface area contributed by atoms with Crippen LogP contribution in [0.25, 0.3) is 0 Å². The van der Waals surface area contributed by atoms with Crippen molar-refractivity contribution in [2.75, 3.05) is 33.7 Å². The number of fused-ring (bicyclic) bond motifs is 3. The first-order valence-electron chi connectivity index (χ1n) is 8.90. The molecule has 142 valence electrons. The van der Waals surface area contributed by atoms with Gasteiger partial charge in [0, 0.05) is 24.7 Å². The lowest BCUT2D eigenvalue weighted by atomic mass is 9.79. The van der Waals surface area contributed by atoms with E-state index in [-0.39, 0.29) is 30.4 Å². The van der Waals surface area contributed by atoms with E-state index in [0.717, 1.165) is 38.2 Å². The summed E-state index contributed by atoms with van der Waals surface area (Å²) in [6.45, 7) is 3.15. The minimum atomic E-state index is -0.212. The molecule has 3 aliphatic rings. The van der Waals surface area contributed by atoms with E-state index in [9.17, 15) is 0 Å². The van der Waals surface area contributed by atoms with Crippen molar-refractivity contribution >= 4 is 24.8 Å². The minimum absolute atomic E-state index is 0. The molecule has 1 atom stereocenters. The van der Waals surface area contributed by atoms with Crippen molar-refractivity contribution in [2.24, 2.45) is 0 Å². The van der Waals surface area contributed by atoms with Gasteiger partial charge in [0.1, 0.15) is 5.75 Å². The van der Waals surface area contributed by atoms with Crippen LogP contribution in [0, 0.1) is 0 Å². The molecule has 0 radical (unpaired) electrons. The van der Waals surface area contributed by atoms with Gasteiger partial charge in [-0.3, -0.25) is 0 Å². The van der Waals surface area contributed by atoms with Gasteiger partial charge in [0.15, 0.2) is 5.60 Å². The van der Waals surface area contributed by atoms with Crippen LogP contribution < -0.4 is 4.74 Å². The molecule has 0 aromatic heterocycles. The molecule has 2 aliphatic heterocycles. The Bertz CT molecular complexity index is 699. The van der Waals surface area contributed by atoms with E-state index in [2.05, 4.69) is 72.6 Å². The van der Waals surface area contributed by atoms with E-state index in [4.69, 9.17) is 4.74 Å². The van der Waals surface area contributed by atoms with Crippen molar-refractivity contribution in [3.63, 3.8) is 0 Å². The molecule has 0 bridgehead atoms. The van der Waals surface area contributed by atoms with Gasteiger partial charge in [-0.1, -0.05) is 36.4 Å². The van der Waals surface area contributed by atoms with Crippen LogP contribution in [0.4, 0.5) is 0 Å². The summed E-state index contributed by atoms with van der Waals surface area (Å²) < 4.78 is 6.57. The van der Waals surface area contributed by atoms with Crippen LogP contribution in [0.5, 0.6) is 5.75 Å². The maximum absolute atomic E-state index is 6.57. The molecule has 2 heterocycles. The molecular formula is C21H28Cl2N2O. The zero-order valence-electron chi connectivity index (χ0n) is 15.5. The summed E-state index contributed by atoms with van der Waals surface area (Å²) in [6.07, 6.45) is 12.2. The quantitative estimate of drug-likeness (QED) is 0.759. The number of hydrogen-bond donors (Lipinski definition) is 0. The molecule has 4 rings (SSSR count). The van der Waals surface area contributed by atoms with Gasteiger partial charge in [-0.2, -0.15) is 0 Å². The van der Waals surface area contributed by atoms with Crippen molar-refractivity contribution in [3.8, 4) is 5.75 Å². The van der Waals surface area contributed by atoms with Crippen LogP contribution in [0.1, 0.15) is 18.4 Å². The van der Waals surface area contributed by atoms with Crippen molar-refractivity contribution in [2.45, 2.75) is 24.9 Å². The minimum Gasteiger partial charge on any atom is -0.480 e. The van der Waals surface area contributed by atoms with Crippen LogP contribution in [0.2, 0.25) is 0 Å². The molecule has 5 heteroatoms. The van der Waals surface area contributed by atoms with Gasteiger partial charge in [0.25, 0.3) is 0 Å². The third-order valence-electron chi connectivity index (χ3n) is 5.18. The van der Waals surface area contributed by atoms with E-state index >= 15 is 0 Å². The van der Waals surface area contributed by atoms with Gasteiger partial charge in [-0.25, -0.2) is 0 Å². The van der Waals surface area contributed by atoms with E-state index in [0.29, 0.717) is 0 Å². The molecule has 3 nitrogen and oxygen atoms in total. The number of hydrogen-bond acceptors (Lipinski definition) is 3. The highest BCUT2D eigenvalue weighted by Crippen LogP contribution is 2.45. The molecular weight excluding hydrogens is 367 g/mol. The predicted molar refractivity (Wildman–Crippen MR) is 113 cm³/mol. The summed E-state index contributed by atoms with van der Waals surface area (Å²) in [5.41, 5.74) is 3.92. The van der Waals surface area contributed by atoms with Gasteiger partial charge < -0.3 is 14.5 Å². The van der Waals surface area contributed by atoms with Gasteiger partial charge in [0.05, 0.1) is 6.54 Å². The van der Waals surface area contributed by atoms with Crippen LogP contribution >= 0.6 is 24.8 Å². The number of para-hydroxylation sites is 1. The maximum Gasteiger partial charge on any atom is 0.156 e. The monoisotopic (exact) mass is 394 g/mol. The number of benzene rings is 1. The Hall–Kier alpha value is -1.42. The normalized spacial score (nSPS) is 22.7. The second-order valence-corrected chi connectivity index (χ2v) is 7.38. The Labute approximate surface area is 169 Å². The third-order valence-corrected chi connectivity index (χ3v) is 5.18. The lowest BCUT2D eigenvalue weighted by molar-refractivity contribution is 0.0887.